The van der Waals surface area contributed by atoms with Gasteiger partial charge in [-0.2, -0.15) is 5.10 Å². The number of amides is 1. The number of nitrogens with one attached hydrogen (secondary N) is 1. The first-order valence-corrected chi connectivity index (χ1v) is 11.3. The standard InChI is InChI=1S/C28H30FN3O/c1-19(2)27(33)30-18-28(3,4)26(20-8-6-5-7-9-20)21-10-15-25-22(16-21)17-31-32(25)24-13-11-23(29)12-14-24/h5-17,19,26H,18H2,1-4H3,(H,30,33)/t26-/m0/s1. The zero-order valence-electron chi connectivity index (χ0n) is 19.5. The lowest BCUT2D eigenvalue weighted by molar-refractivity contribution is -0.124. The first-order chi connectivity index (χ1) is 15.8. The highest BCUT2D eigenvalue weighted by Gasteiger charge is 2.33. The average Bonchev–Trinajstić information content (AvgIpc) is 3.22. The van der Waals surface area contributed by atoms with Crippen LogP contribution >= 0.6 is 0 Å². The second kappa shape index (κ2) is 9.18. The van der Waals surface area contributed by atoms with Gasteiger partial charge in [0.25, 0.3) is 0 Å². The van der Waals surface area contributed by atoms with Gasteiger partial charge in [0, 0.05) is 23.8 Å². The number of nitrogens with zero attached hydrogens (tertiary/aromatic N) is 2. The number of hydrogen-bond acceptors (Lipinski definition) is 2. The third kappa shape index (κ3) is 4.82. The molecular weight excluding hydrogens is 413 g/mol. The minimum absolute atomic E-state index is 0.0513. The molecule has 0 saturated carbocycles. The Kier molecular flexibility index (Phi) is 6.32. The van der Waals surface area contributed by atoms with Crippen LogP contribution in [-0.4, -0.2) is 22.2 Å². The Morgan fingerprint density at radius 2 is 1.70 bits per heavy atom. The Bertz CT molecular complexity index is 1240. The molecule has 3 aromatic carbocycles. The van der Waals surface area contributed by atoms with Crippen LogP contribution in [0.4, 0.5) is 4.39 Å². The van der Waals surface area contributed by atoms with E-state index < -0.39 is 0 Å². The second-order valence-corrected chi connectivity index (χ2v) is 9.56. The summed E-state index contributed by atoms with van der Waals surface area (Å²) in [6, 6.07) is 23.1. The fraction of sp³-hybridized carbons (Fsp3) is 0.286. The van der Waals surface area contributed by atoms with E-state index in [-0.39, 0.29) is 29.0 Å². The molecule has 4 aromatic rings. The number of benzene rings is 3. The zero-order chi connectivity index (χ0) is 23.6. The number of halogens is 1. The minimum atomic E-state index is -0.269. The smallest absolute Gasteiger partial charge is 0.222 e. The van der Waals surface area contributed by atoms with Gasteiger partial charge in [0.05, 0.1) is 17.4 Å². The van der Waals surface area contributed by atoms with Gasteiger partial charge in [-0.15, -0.1) is 0 Å². The molecule has 170 valence electrons. The summed E-state index contributed by atoms with van der Waals surface area (Å²) >= 11 is 0. The minimum Gasteiger partial charge on any atom is -0.355 e. The molecule has 0 fully saturated rings. The van der Waals surface area contributed by atoms with Gasteiger partial charge in [-0.05, 0) is 52.9 Å². The Morgan fingerprint density at radius 1 is 1.00 bits per heavy atom. The summed E-state index contributed by atoms with van der Waals surface area (Å²) in [5.74, 6) is -0.185. The molecular formula is C28H30FN3O. The van der Waals surface area contributed by atoms with Crippen LogP contribution < -0.4 is 5.32 Å². The molecule has 4 nitrogen and oxygen atoms in total. The Balaban J connectivity index is 1.73. The van der Waals surface area contributed by atoms with Crippen LogP contribution in [0.2, 0.25) is 0 Å². The van der Waals surface area contributed by atoms with Crippen LogP contribution in [0.5, 0.6) is 0 Å². The van der Waals surface area contributed by atoms with Gasteiger partial charge in [0.1, 0.15) is 5.82 Å². The average molecular weight is 444 g/mol. The third-order valence-corrected chi connectivity index (χ3v) is 6.15. The van der Waals surface area contributed by atoms with E-state index in [9.17, 15) is 9.18 Å². The molecule has 0 aliphatic rings. The molecule has 0 aliphatic heterocycles. The van der Waals surface area contributed by atoms with Crippen molar-refractivity contribution in [2.24, 2.45) is 11.3 Å². The summed E-state index contributed by atoms with van der Waals surface area (Å²) in [7, 11) is 0. The van der Waals surface area contributed by atoms with E-state index in [1.165, 1.54) is 17.7 Å². The van der Waals surface area contributed by atoms with E-state index in [2.05, 4.69) is 66.7 Å². The van der Waals surface area contributed by atoms with Gasteiger partial charge in [-0.1, -0.05) is 64.1 Å². The van der Waals surface area contributed by atoms with Crippen molar-refractivity contribution in [3.05, 3.63) is 95.9 Å². The van der Waals surface area contributed by atoms with Crippen molar-refractivity contribution in [2.75, 3.05) is 6.54 Å². The quantitative estimate of drug-likeness (QED) is 0.375. The normalized spacial score (nSPS) is 12.8. The van der Waals surface area contributed by atoms with Crippen LogP contribution in [-0.2, 0) is 4.79 Å². The number of rotatable bonds is 7. The Labute approximate surface area is 194 Å². The van der Waals surface area contributed by atoms with Crippen LogP contribution in [0.25, 0.3) is 16.6 Å². The SMILES string of the molecule is CC(C)C(=O)NCC(C)(C)[C@@H](c1ccccc1)c1ccc2c(cnn2-c2ccc(F)cc2)c1. The Morgan fingerprint density at radius 3 is 2.36 bits per heavy atom. The number of carbonyl (C=O) groups is 1. The molecule has 5 heteroatoms. The van der Waals surface area contributed by atoms with Gasteiger partial charge in [0.15, 0.2) is 0 Å². The number of fused-ring (bicyclic) bond motifs is 1. The van der Waals surface area contributed by atoms with E-state index in [1.807, 2.05) is 30.8 Å². The van der Waals surface area contributed by atoms with Crippen LogP contribution in [0.1, 0.15) is 44.7 Å². The summed E-state index contributed by atoms with van der Waals surface area (Å²) < 4.78 is 15.2. The molecule has 0 saturated heterocycles. The summed E-state index contributed by atoms with van der Waals surface area (Å²) in [5.41, 5.74) is 3.91. The van der Waals surface area contributed by atoms with Gasteiger partial charge < -0.3 is 5.32 Å². The maximum atomic E-state index is 13.4. The highest BCUT2D eigenvalue weighted by atomic mass is 19.1. The molecule has 1 atom stereocenters. The molecule has 0 spiro atoms. The summed E-state index contributed by atoms with van der Waals surface area (Å²) in [4.78, 5) is 12.3. The fourth-order valence-electron chi connectivity index (χ4n) is 4.38. The van der Waals surface area contributed by atoms with Crippen molar-refractivity contribution in [2.45, 2.75) is 33.6 Å². The van der Waals surface area contributed by atoms with E-state index in [0.717, 1.165) is 22.2 Å². The second-order valence-electron chi connectivity index (χ2n) is 9.56. The first-order valence-electron chi connectivity index (χ1n) is 11.3. The molecule has 0 aliphatic carbocycles. The van der Waals surface area contributed by atoms with E-state index in [0.29, 0.717) is 6.54 Å². The van der Waals surface area contributed by atoms with E-state index >= 15 is 0 Å². The molecule has 1 heterocycles. The summed E-state index contributed by atoms with van der Waals surface area (Å²) in [6.45, 7) is 8.76. The van der Waals surface area contributed by atoms with Crippen molar-refractivity contribution in [3.63, 3.8) is 0 Å². The zero-order valence-corrected chi connectivity index (χ0v) is 19.5. The molecule has 1 amide bonds. The number of aromatic nitrogens is 2. The summed E-state index contributed by atoms with van der Waals surface area (Å²) in [6.07, 6.45) is 1.85. The molecule has 0 bridgehead atoms. The monoisotopic (exact) mass is 443 g/mol. The van der Waals surface area contributed by atoms with E-state index in [1.54, 1.807) is 12.1 Å². The van der Waals surface area contributed by atoms with Crippen LogP contribution in [0.3, 0.4) is 0 Å². The largest absolute Gasteiger partial charge is 0.355 e. The molecule has 0 radical (unpaired) electrons. The molecule has 0 unspecified atom stereocenters. The van der Waals surface area contributed by atoms with Crippen molar-refractivity contribution in [1.29, 1.82) is 0 Å². The van der Waals surface area contributed by atoms with Crippen molar-refractivity contribution in [3.8, 4) is 5.69 Å². The molecule has 1 N–H and O–H groups in total. The third-order valence-electron chi connectivity index (χ3n) is 6.15. The highest BCUT2D eigenvalue weighted by molar-refractivity contribution is 5.81. The predicted octanol–water partition coefficient (Wildman–Crippen LogP) is 6.09. The van der Waals surface area contributed by atoms with Crippen LogP contribution in [0.15, 0.2) is 79.0 Å². The number of carbonyl (C=O) groups excluding carboxylic acids is 1. The van der Waals surface area contributed by atoms with Crippen molar-refractivity contribution >= 4 is 16.8 Å². The predicted molar refractivity (Wildman–Crippen MR) is 131 cm³/mol. The first kappa shape index (κ1) is 22.7. The van der Waals surface area contributed by atoms with Gasteiger partial charge in [-0.25, -0.2) is 9.07 Å². The maximum absolute atomic E-state index is 13.4. The van der Waals surface area contributed by atoms with Gasteiger partial charge in [-0.3, -0.25) is 4.79 Å². The lowest BCUT2D eigenvalue weighted by Crippen LogP contribution is -2.39. The Hall–Kier alpha value is -3.47. The van der Waals surface area contributed by atoms with Crippen molar-refractivity contribution in [1.82, 2.24) is 15.1 Å². The maximum Gasteiger partial charge on any atom is 0.222 e. The number of hydrogen-bond donors (Lipinski definition) is 1. The lowest BCUT2D eigenvalue weighted by atomic mass is 9.71. The topological polar surface area (TPSA) is 46.9 Å². The lowest BCUT2D eigenvalue weighted by Gasteiger charge is -2.36. The molecule has 33 heavy (non-hydrogen) atoms. The van der Waals surface area contributed by atoms with Crippen LogP contribution in [0, 0.1) is 17.2 Å². The van der Waals surface area contributed by atoms with E-state index in [4.69, 9.17) is 0 Å². The summed E-state index contributed by atoms with van der Waals surface area (Å²) in [5, 5.41) is 8.68. The molecule has 4 rings (SSSR count). The highest BCUT2D eigenvalue weighted by Crippen LogP contribution is 2.41. The fourth-order valence-corrected chi connectivity index (χ4v) is 4.38. The van der Waals surface area contributed by atoms with Gasteiger partial charge >= 0.3 is 0 Å². The van der Waals surface area contributed by atoms with Gasteiger partial charge in [0.2, 0.25) is 5.91 Å². The molecule has 1 aromatic heterocycles. The van der Waals surface area contributed by atoms with Crippen molar-refractivity contribution < 1.29 is 9.18 Å².